The number of hydrogen-bond acceptors (Lipinski definition) is 3. The lowest BCUT2D eigenvalue weighted by molar-refractivity contribution is 0.0990. The average molecular weight is 434 g/mol. The standard InChI is InChI=1S/C21H17Cl2NOS2/c1-2-8-24(16-5-3-4-14(22)10-16)21(25)19-9-13-12-26-18-11-15(23)6-7-17(18)20(13)27-19/h3-7,9-11H,2,8,12H2,1H3. The van der Waals surface area contributed by atoms with Gasteiger partial charge in [0.05, 0.1) is 4.88 Å². The zero-order valence-electron chi connectivity index (χ0n) is 14.7. The number of thiophene rings is 1. The number of fused-ring (bicyclic) bond motifs is 3. The summed E-state index contributed by atoms with van der Waals surface area (Å²) >= 11 is 15.6. The van der Waals surface area contributed by atoms with E-state index in [-0.39, 0.29) is 5.91 Å². The Labute approximate surface area is 177 Å². The Balaban J connectivity index is 1.71. The van der Waals surface area contributed by atoms with Crippen molar-refractivity contribution in [1.29, 1.82) is 0 Å². The van der Waals surface area contributed by atoms with Crippen LogP contribution in [-0.2, 0) is 5.75 Å². The summed E-state index contributed by atoms with van der Waals surface area (Å²) < 4.78 is 0. The van der Waals surface area contributed by atoms with Crippen molar-refractivity contribution < 1.29 is 4.79 Å². The lowest BCUT2D eigenvalue weighted by Crippen LogP contribution is -2.31. The van der Waals surface area contributed by atoms with Crippen LogP contribution in [0, 0.1) is 0 Å². The van der Waals surface area contributed by atoms with Gasteiger partial charge in [0.2, 0.25) is 0 Å². The van der Waals surface area contributed by atoms with Gasteiger partial charge in [-0.05, 0) is 48.4 Å². The number of anilines is 1. The maximum absolute atomic E-state index is 13.3. The molecule has 1 amide bonds. The molecule has 2 nitrogen and oxygen atoms in total. The average Bonchev–Trinajstić information content (AvgIpc) is 3.10. The summed E-state index contributed by atoms with van der Waals surface area (Å²) in [5, 5.41) is 1.38. The summed E-state index contributed by atoms with van der Waals surface area (Å²) in [4.78, 5) is 18.2. The molecule has 1 aliphatic heterocycles. The maximum Gasteiger partial charge on any atom is 0.268 e. The smallest absolute Gasteiger partial charge is 0.268 e. The topological polar surface area (TPSA) is 20.3 Å². The van der Waals surface area contributed by atoms with Gasteiger partial charge >= 0.3 is 0 Å². The lowest BCUT2D eigenvalue weighted by Gasteiger charge is -2.21. The van der Waals surface area contributed by atoms with Crippen molar-refractivity contribution in [2.24, 2.45) is 0 Å². The fourth-order valence-electron chi connectivity index (χ4n) is 3.18. The number of amides is 1. The van der Waals surface area contributed by atoms with Gasteiger partial charge in [0.1, 0.15) is 0 Å². The molecule has 0 aliphatic carbocycles. The zero-order chi connectivity index (χ0) is 19.0. The van der Waals surface area contributed by atoms with Crippen LogP contribution >= 0.6 is 46.3 Å². The van der Waals surface area contributed by atoms with E-state index in [0.717, 1.165) is 27.8 Å². The molecular weight excluding hydrogens is 417 g/mol. The zero-order valence-corrected chi connectivity index (χ0v) is 17.8. The van der Waals surface area contributed by atoms with Crippen molar-refractivity contribution in [2.45, 2.75) is 24.0 Å². The Kier molecular flexibility index (Phi) is 5.51. The highest BCUT2D eigenvalue weighted by molar-refractivity contribution is 7.98. The third-order valence-corrected chi connectivity index (χ3v) is 7.18. The van der Waals surface area contributed by atoms with E-state index in [1.54, 1.807) is 23.1 Å². The minimum absolute atomic E-state index is 0.0269. The van der Waals surface area contributed by atoms with E-state index in [4.69, 9.17) is 23.2 Å². The van der Waals surface area contributed by atoms with Crippen molar-refractivity contribution in [3.05, 3.63) is 69.0 Å². The molecule has 2 aromatic carbocycles. The van der Waals surface area contributed by atoms with E-state index in [9.17, 15) is 4.79 Å². The summed E-state index contributed by atoms with van der Waals surface area (Å²) in [6.07, 6.45) is 0.876. The van der Waals surface area contributed by atoms with Gasteiger partial charge in [0.25, 0.3) is 5.91 Å². The van der Waals surface area contributed by atoms with Crippen molar-refractivity contribution in [2.75, 3.05) is 11.4 Å². The van der Waals surface area contributed by atoms with E-state index in [0.29, 0.717) is 11.6 Å². The van der Waals surface area contributed by atoms with Crippen molar-refractivity contribution in [3.8, 4) is 10.4 Å². The van der Waals surface area contributed by atoms with E-state index < -0.39 is 0 Å². The molecule has 2 heterocycles. The number of benzene rings is 2. The molecule has 0 saturated heterocycles. The van der Waals surface area contributed by atoms with Gasteiger partial charge < -0.3 is 4.90 Å². The van der Waals surface area contributed by atoms with E-state index >= 15 is 0 Å². The first-order chi connectivity index (χ1) is 13.1. The van der Waals surface area contributed by atoms with Gasteiger partial charge in [-0.2, -0.15) is 0 Å². The van der Waals surface area contributed by atoms with Crippen molar-refractivity contribution >= 4 is 57.9 Å². The monoisotopic (exact) mass is 433 g/mol. The van der Waals surface area contributed by atoms with Crippen LogP contribution in [0.25, 0.3) is 10.4 Å². The first-order valence-electron chi connectivity index (χ1n) is 8.69. The van der Waals surface area contributed by atoms with Gasteiger partial charge in [-0.25, -0.2) is 0 Å². The molecule has 0 radical (unpaired) electrons. The van der Waals surface area contributed by atoms with Gasteiger partial charge in [0, 0.05) is 43.4 Å². The molecule has 0 atom stereocenters. The first-order valence-corrected chi connectivity index (χ1v) is 11.3. The van der Waals surface area contributed by atoms with Gasteiger partial charge in [0.15, 0.2) is 0 Å². The van der Waals surface area contributed by atoms with Crippen LogP contribution in [0.5, 0.6) is 0 Å². The van der Waals surface area contributed by atoms with Crippen molar-refractivity contribution in [3.63, 3.8) is 0 Å². The third kappa shape index (κ3) is 3.77. The summed E-state index contributed by atoms with van der Waals surface area (Å²) in [5.74, 6) is 0.885. The Bertz CT molecular complexity index is 1020. The molecule has 0 N–H and O–H groups in total. The third-order valence-electron chi connectivity index (χ3n) is 4.40. The Morgan fingerprint density at radius 2 is 1.93 bits per heavy atom. The number of halogens is 2. The molecule has 3 aromatic rings. The molecular formula is C21H17Cl2NOS2. The second kappa shape index (κ2) is 7.88. The second-order valence-electron chi connectivity index (χ2n) is 6.33. The SMILES string of the molecule is CCCN(C(=O)c1cc2c(s1)-c1ccc(Cl)cc1SC2)c1cccc(Cl)c1. The van der Waals surface area contributed by atoms with E-state index in [1.807, 2.05) is 53.4 Å². The highest BCUT2D eigenvalue weighted by Gasteiger charge is 2.25. The van der Waals surface area contributed by atoms with Crippen LogP contribution in [0.15, 0.2) is 53.4 Å². The molecule has 6 heteroatoms. The lowest BCUT2D eigenvalue weighted by atomic mass is 10.1. The van der Waals surface area contributed by atoms with Gasteiger partial charge in [-0.15, -0.1) is 23.1 Å². The fourth-order valence-corrected chi connectivity index (χ4v) is 6.00. The normalized spacial score (nSPS) is 12.4. The predicted octanol–water partition coefficient (Wildman–Crippen LogP) is 7.38. The Hall–Kier alpha value is -1.46. The maximum atomic E-state index is 13.3. The van der Waals surface area contributed by atoms with Crippen LogP contribution in [0.2, 0.25) is 10.0 Å². The van der Waals surface area contributed by atoms with E-state index in [1.165, 1.54) is 20.9 Å². The fraction of sp³-hybridized carbons (Fsp3) is 0.190. The second-order valence-corrected chi connectivity index (χ2v) is 9.27. The molecule has 0 saturated carbocycles. The predicted molar refractivity (Wildman–Crippen MR) is 118 cm³/mol. The molecule has 138 valence electrons. The van der Waals surface area contributed by atoms with Crippen LogP contribution < -0.4 is 4.90 Å². The molecule has 1 aromatic heterocycles. The number of thioether (sulfide) groups is 1. The van der Waals surface area contributed by atoms with Crippen molar-refractivity contribution in [1.82, 2.24) is 0 Å². The summed E-state index contributed by atoms with van der Waals surface area (Å²) in [6.45, 7) is 2.73. The van der Waals surface area contributed by atoms with Crippen LogP contribution in [0.4, 0.5) is 5.69 Å². The minimum Gasteiger partial charge on any atom is -0.308 e. The number of carbonyl (C=O) groups excluding carboxylic acids is 1. The summed E-state index contributed by atoms with van der Waals surface area (Å²) in [5.41, 5.74) is 3.22. The number of carbonyl (C=O) groups is 1. The van der Waals surface area contributed by atoms with E-state index in [2.05, 4.69) is 6.92 Å². The molecule has 0 fully saturated rings. The summed E-state index contributed by atoms with van der Waals surface area (Å²) in [7, 11) is 0. The molecule has 4 rings (SSSR count). The Morgan fingerprint density at radius 1 is 1.11 bits per heavy atom. The Morgan fingerprint density at radius 3 is 2.70 bits per heavy atom. The van der Waals surface area contributed by atoms with Crippen LogP contribution in [0.1, 0.15) is 28.6 Å². The first kappa shape index (κ1) is 18.9. The number of rotatable bonds is 4. The molecule has 0 spiro atoms. The highest BCUT2D eigenvalue weighted by atomic mass is 35.5. The number of hydrogen-bond donors (Lipinski definition) is 0. The minimum atomic E-state index is 0.0269. The van der Waals surface area contributed by atoms with Gasteiger partial charge in [-0.1, -0.05) is 42.3 Å². The molecule has 0 bridgehead atoms. The highest BCUT2D eigenvalue weighted by Crippen LogP contribution is 2.46. The molecule has 1 aliphatic rings. The van der Waals surface area contributed by atoms with Crippen LogP contribution in [-0.4, -0.2) is 12.5 Å². The molecule has 27 heavy (non-hydrogen) atoms. The largest absolute Gasteiger partial charge is 0.308 e. The van der Waals surface area contributed by atoms with Crippen LogP contribution in [0.3, 0.4) is 0 Å². The van der Waals surface area contributed by atoms with Gasteiger partial charge in [-0.3, -0.25) is 4.79 Å². The quantitative estimate of drug-likeness (QED) is 0.427. The molecule has 0 unspecified atom stereocenters. The number of nitrogens with zero attached hydrogens (tertiary/aromatic N) is 1. The summed E-state index contributed by atoms with van der Waals surface area (Å²) in [6, 6.07) is 15.5.